The van der Waals surface area contributed by atoms with Gasteiger partial charge in [-0.1, -0.05) is 0 Å². The third kappa shape index (κ3) is 3.04. The van der Waals surface area contributed by atoms with E-state index in [4.69, 9.17) is 0 Å². The van der Waals surface area contributed by atoms with E-state index in [1.165, 1.54) is 5.56 Å². The lowest BCUT2D eigenvalue weighted by Gasteiger charge is -2.28. The standard InChI is InChI=1S/C15H22N6O/c1-11(2)18-15(22)13-7-16-14-10-20(4-5-21(13)14)9-12-6-17-19(3)8-12/h6-8,11H,4-5,9-10H2,1-3H3,(H,18,22). The Labute approximate surface area is 129 Å². The van der Waals surface area contributed by atoms with Crippen LogP contribution in [0.15, 0.2) is 18.6 Å². The van der Waals surface area contributed by atoms with E-state index in [1.807, 2.05) is 42.5 Å². The zero-order chi connectivity index (χ0) is 15.7. The first-order valence-corrected chi connectivity index (χ1v) is 7.58. The average Bonchev–Trinajstić information content (AvgIpc) is 3.04. The van der Waals surface area contributed by atoms with Crippen LogP contribution in [-0.2, 0) is 26.7 Å². The highest BCUT2D eigenvalue weighted by molar-refractivity contribution is 5.92. The fraction of sp³-hybridized carbons (Fsp3) is 0.533. The van der Waals surface area contributed by atoms with E-state index >= 15 is 0 Å². The summed E-state index contributed by atoms with van der Waals surface area (Å²) in [4.78, 5) is 18.9. The van der Waals surface area contributed by atoms with E-state index in [1.54, 1.807) is 6.20 Å². The summed E-state index contributed by atoms with van der Waals surface area (Å²) in [5, 5.41) is 7.12. The summed E-state index contributed by atoms with van der Waals surface area (Å²) in [5.74, 6) is 0.901. The van der Waals surface area contributed by atoms with Gasteiger partial charge in [0.2, 0.25) is 0 Å². The van der Waals surface area contributed by atoms with Gasteiger partial charge in [0.1, 0.15) is 11.5 Å². The Kier molecular flexibility index (Phi) is 3.98. The topological polar surface area (TPSA) is 68.0 Å². The van der Waals surface area contributed by atoms with Crippen LogP contribution in [0.25, 0.3) is 0 Å². The Morgan fingerprint density at radius 3 is 2.86 bits per heavy atom. The van der Waals surface area contributed by atoms with Crippen LogP contribution in [0.5, 0.6) is 0 Å². The molecular formula is C15H22N6O. The second-order valence-electron chi connectivity index (χ2n) is 6.07. The van der Waals surface area contributed by atoms with Gasteiger partial charge in [-0.3, -0.25) is 14.4 Å². The molecule has 1 amide bonds. The summed E-state index contributed by atoms with van der Waals surface area (Å²) < 4.78 is 3.84. The van der Waals surface area contributed by atoms with Gasteiger partial charge in [0.15, 0.2) is 0 Å². The molecule has 3 heterocycles. The number of amides is 1. The predicted molar refractivity (Wildman–Crippen MR) is 82.2 cm³/mol. The molecule has 1 aliphatic rings. The number of aryl methyl sites for hydroxylation is 1. The molecule has 1 aliphatic heterocycles. The normalized spacial score (nSPS) is 15.1. The zero-order valence-corrected chi connectivity index (χ0v) is 13.3. The van der Waals surface area contributed by atoms with Crippen LogP contribution in [0.4, 0.5) is 0 Å². The van der Waals surface area contributed by atoms with Gasteiger partial charge >= 0.3 is 0 Å². The Hall–Kier alpha value is -2.15. The van der Waals surface area contributed by atoms with Gasteiger partial charge in [-0.25, -0.2) is 4.98 Å². The molecule has 0 radical (unpaired) electrons. The van der Waals surface area contributed by atoms with Gasteiger partial charge in [0.05, 0.1) is 18.9 Å². The minimum Gasteiger partial charge on any atom is -0.349 e. The number of imidazole rings is 1. The van der Waals surface area contributed by atoms with Gasteiger partial charge in [0, 0.05) is 44.5 Å². The smallest absolute Gasteiger partial charge is 0.269 e. The Morgan fingerprint density at radius 1 is 1.36 bits per heavy atom. The molecule has 118 valence electrons. The third-order valence-electron chi connectivity index (χ3n) is 3.76. The van der Waals surface area contributed by atoms with E-state index in [0.717, 1.165) is 32.0 Å². The van der Waals surface area contributed by atoms with Crippen LogP contribution in [-0.4, -0.2) is 42.7 Å². The molecule has 0 aliphatic carbocycles. The van der Waals surface area contributed by atoms with Gasteiger partial charge in [0.25, 0.3) is 5.91 Å². The van der Waals surface area contributed by atoms with E-state index < -0.39 is 0 Å². The SMILES string of the molecule is CC(C)NC(=O)c1cnc2n1CCN(Cc1cnn(C)c1)C2. The lowest BCUT2D eigenvalue weighted by atomic mass is 10.2. The van der Waals surface area contributed by atoms with Gasteiger partial charge < -0.3 is 9.88 Å². The van der Waals surface area contributed by atoms with Crippen LogP contribution in [0, 0.1) is 0 Å². The second kappa shape index (κ2) is 5.92. The van der Waals surface area contributed by atoms with Crippen molar-refractivity contribution in [3.05, 3.63) is 35.7 Å². The summed E-state index contributed by atoms with van der Waals surface area (Å²) in [6, 6.07) is 0.129. The van der Waals surface area contributed by atoms with Crippen molar-refractivity contribution in [1.29, 1.82) is 0 Å². The summed E-state index contributed by atoms with van der Waals surface area (Å²) in [6.45, 7) is 7.22. The van der Waals surface area contributed by atoms with Crippen molar-refractivity contribution in [3.8, 4) is 0 Å². The van der Waals surface area contributed by atoms with Gasteiger partial charge in [-0.2, -0.15) is 5.10 Å². The number of carbonyl (C=O) groups excluding carboxylic acids is 1. The van der Waals surface area contributed by atoms with Crippen molar-refractivity contribution < 1.29 is 4.79 Å². The van der Waals surface area contributed by atoms with Crippen LogP contribution < -0.4 is 5.32 Å². The Balaban J connectivity index is 1.69. The van der Waals surface area contributed by atoms with Gasteiger partial charge in [-0.05, 0) is 13.8 Å². The van der Waals surface area contributed by atoms with Crippen molar-refractivity contribution >= 4 is 5.91 Å². The predicted octanol–water partition coefficient (Wildman–Crippen LogP) is 0.771. The van der Waals surface area contributed by atoms with Crippen LogP contribution in [0.3, 0.4) is 0 Å². The van der Waals surface area contributed by atoms with Crippen molar-refractivity contribution in [2.75, 3.05) is 6.54 Å². The number of aromatic nitrogens is 4. The van der Waals surface area contributed by atoms with Crippen LogP contribution in [0.2, 0.25) is 0 Å². The lowest BCUT2D eigenvalue weighted by molar-refractivity contribution is 0.0929. The average molecular weight is 302 g/mol. The maximum Gasteiger partial charge on any atom is 0.269 e. The largest absolute Gasteiger partial charge is 0.349 e. The second-order valence-corrected chi connectivity index (χ2v) is 6.07. The highest BCUT2D eigenvalue weighted by Crippen LogP contribution is 2.16. The van der Waals surface area contributed by atoms with Crippen molar-refractivity contribution in [3.63, 3.8) is 0 Å². The molecule has 0 spiro atoms. The number of nitrogens with one attached hydrogen (secondary N) is 1. The molecule has 7 nitrogen and oxygen atoms in total. The van der Waals surface area contributed by atoms with Crippen molar-refractivity contribution in [2.45, 2.75) is 39.5 Å². The quantitative estimate of drug-likeness (QED) is 0.906. The summed E-state index contributed by atoms with van der Waals surface area (Å²) >= 11 is 0. The number of rotatable bonds is 4. The minimum absolute atomic E-state index is 0.0468. The summed E-state index contributed by atoms with van der Waals surface area (Å²) in [5.41, 5.74) is 1.85. The molecule has 0 saturated heterocycles. The molecule has 0 fully saturated rings. The molecule has 3 rings (SSSR count). The summed E-state index contributed by atoms with van der Waals surface area (Å²) in [7, 11) is 1.92. The van der Waals surface area contributed by atoms with E-state index in [9.17, 15) is 4.79 Å². The molecule has 0 unspecified atom stereocenters. The van der Waals surface area contributed by atoms with Crippen molar-refractivity contribution in [1.82, 2.24) is 29.5 Å². The van der Waals surface area contributed by atoms with E-state index in [0.29, 0.717) is 5.69 Å². The maximum absolute atomic E-state index is 12.2. The molecule has 22 heavy (non-hydrogen) atoms. The fourth-order valence-electron chi connectivity index (χ4n) is 2.77. The number of nitrogens with zero attached hydrogens (tertiary/aromatic N) is 5. The molecule has 2 aromatic heterocycles. The lowest BCUT2D eigenvalue weighted by Crippen LogP contribution is -2.37. The molecule has 7 heteroatoms. The number of fused-ring (bicyclic) bond motifs is 1. The Morgan fingerprint density at radius 2 is 2.18 bits per heavy atom. The molecule has 0 atom stereocenters. The molecule has 0 saturated carbocycles. The van der Waals surface area contributed by atoms with Crippen LogP contribution >= 0.6 is 0 Å². The number of carbonyl (C=O) groups is 1. The maximum atomic E-state index is 12.2. The fourth-order valence-corrected chi connectivity index (χ4v) is 2.77. The molecular weight excluding hydrogens is 280 g/mol. The van der Waals surface area contributed by atoms with Crippen molar-refractivity contribution in [2.24, 2.45) is 7.05 Å². The highest BCUT2D eigenvalue weighted by Gasteiger charge is 2.23. The Bertz CT molecular complexity index is 671. The first-order valence-electron chi connectivity index (χ1n) is 7.58. The van der Waals surface area contributed by atoms with Gasteiger partial charge in [-0.15, -0.1) is 0 Å². The third-order valence-corrected chi connectivity index (χ3v) is 3.76. The number of hydrogen-bond acceptors (Lipinski definition) is 4. The molecule has 0 aromatic carbocycles. The van der Waals surface area contributed by atoms with Crippen LogP contribution in [0.1, 0.15) is 35.7 Å². The zero-order valence-electron chi connectivity index (χ0n) is 13.3. The minimum atomic E-state index is -0.0468. The molecule has 2 aromatic rings. The van der Waals surface area contributed by atoms with E-state index in [-0.39, 0.29) is 11.9 Å². The number of hydrogen-bond donors (Lipinski definition) is 1. The first kappa shape index (κ1) is 14.8. The molecule has 1 N–H and O–H groups in total. The molecule has 0 bridgehead atoms. The monoisotopic (exact) mass is 302 g/mol. The summed E-state index contributed by atoms with van der Waals surface area (Å²) in [6.07, 6.45) is 5.60. The first-order chi connectivity index (χ1) is 10.5. The van der Waals surface area contributed by atoms with E-state index in [2.05, 4.69) is 20.3 Å². The highest BCUT2D eigenvalue weighted by atomic mass is 16.2.